The molecule has 1 aliphatic rings. The SMILES string of the molecule is COc1cccc(NC(=S)NN=C(C)c2ccc(C3CCCCC3)cc2)c1. The second kappa shape index (κ2) is 9.51. The Morgan fingerprint density at radius 1 is 1.07 bits per heavy atom. The largest absolute Gasteiger partial charge is 0.497 e. The lowest BCUT2D eigenvalue weighted by atomic mass is 9.84. The van der Waals surface area contributed by atoms with Crippen molar-refractivity contribution < 1.29 is 4.74 Å². The number of thiocarbonyl (C=S) groups is 1. The zero-order valence-electron chi connectivity index (χ0n) is 16.0. The number of benzene rings is 2. The average Bonchev–Trinajstić information content (AvgIpc) is 2.73. The van der Waals surface area contributed by atoms with Gasteiger partial charge in [-0.05, 0) is 61.2 Å². The van der Waals surface area contributed by atoms with Crippen LogP contribution in [0.3, 0.4) is 0 Å². The molecule has 3 rings (SSSR count). The third-order valence-electron chi connectivity index (χ3n) is 5.06. The molecule has 0 unspecified atom stereocenters. The van der Waals surface area contributed by atoms with Crippen molar-refractivity contribution in [3.8, 4) is 5.75 Å². The lowest BCUT2D eigenvalue weighted by Gasteiger charge is -2.22. The third kappa shape index (κ3) is 5.54. The summed E-state index contributed by atoms with van der Waals surface area (Å²) < 4.78 is 5.21. The highest BCUT2D eigenvalue weighted by Gasteiger charge is 2.15. The van der Waals surface area contributed by atoms with Gasteiger partial charge in [-0.2, -0.15) is 5.10 Å². The zero-order valence-corrected chi connectivity index (χ0v) is 16.8. The number of rotatable bonds is 5. The zero-order chi connectivity index (χ0) is 19.1. The number of hydrogen-bond acceptors (Lipinski definition) is 3. The Bertz CT molecular complexity index is 795. The Labute approximate surface area is 167 Å². The van der Waals surface area contributed by atoms with Crippen LogP contribution in [0.4, 0.5) is 5.69 Å². The van der Waals surface area contributed by atoms with Crippen molar-refractivity contribution in [3.63, 3.8) is 0 Å². The fourth-order valence-electron chi connectivity index (χ4n) is 3.49. The summed E-state index contributed by atoms with van der Waals surface area (Å²) in [6.07, 6.45) is 6.73. The molecule has 0 aliphatic heterocycles. The van der Waals surface area contributed by atoms with Crippen molar-refractivity contribution in [2.24, 2.45) is 5.10 Å². The Kier molecular flexibility index (Phi) is 6.82. The predicted molar refractivity (Wildman–Crippen MR) is 117 cm³/mol. The molecule has 0 amide bonds. The first kappa shape index (κ1) is 19.4. The molecule has 142 valence electrons. The smallest absolute Gasteiger partial charge is 0.191 e. The molecule has 2 aromatic carbocycles. The van der Waals surface area contributed by atoms with Crippen LogP contribution in [0, 0.1) is 0 Å². The molecule has 27 heavy (non-hydrogen) atoms. The van der Waals surface area contributed by atoms with E-state index in [4.69, 9.17) is 17.0 Å². The quantitative estimate of drug-likeness (QED) is 0.410. The lowest BCUT2D eigenvalue weighted by Crippen LogP contribution is -2.25. The summed E-state index contributed by atoms with van der Waals surface area (Å²) in [5, 5.41) is 7.96. The molecule has 2 aromatic rings. The maximum atomic E-state index is 5.32. The van der Waals surface area contributed by atoms with Crippen LogP contribution >= 0.6 is 12.2 Å². The summed E-state index contributed by atoms with van der Waals surface area (Å²) in [6, 6.07) is 16.4. The molecule has 0 atom stereocenters. The minimum Gasteiger partial charge on any atom is -0.497 e. The summed E-state index contributed by atoms with van der Waals surface area (Å²) in [5.41, 5.74) is 7.23. The number of nitrogens with zero attached hydrogens (tertiary/aromatic N) is 1. The molecule has 0 heterocycles. The number of ether oxygens (including phenoxy) is 1. The van der Waals surface area contributed by atoms with E-state index < -0.39 is 0 Å². The Morgan fingerprint density at radius 3 is 2.52 bits per heavy atom. The van der Waals surface area contributed by atoms with Crippen LogP contribution in [-0.2, 0) is 0 Å². The molecular weight excluding hydrogens is 354 g/mol. The van der Waals surface area contributed by atoms with E-state index in [1.807, 2.05) is 31.2 Å². The fourth-order valence-corrected chi connectivity index (χ4v) is 3.65. The second-order valence-corrected chi connectivity index (χ2v) is 7.36. The first-order valence-corrected chi connectivity index (χ1v) is 9.92. The number of hydrazone groups is 1. The summed E-state index contributed by atoms with van der Waals surface area (Å²) in [7, 11) is 1.64. The van der Waals surface area contributed by atoms with E-state index >= 15 is 0 Å². The van der Waals surface area contributed by atoms with Crippen LogP contribution in [0.15, 0.2) is 53.6 Å². The van der Waals surface area contributed by atoms with E-state index in [-0.39, 0.29) is 0 Å². The highest BCUT2D eigenvalue weighted by atomic mass is 32.1. The van der Waals surface area contributed by atoms with Gasteiger partial charge in [0.1, 0.15) is 5.75 Å². The Hall–Kier alpha value is -2.40. The van der Waals surface area contributed by atoms with E-state index in [1.54, 1.807) is 7.11 Å². The van der Waals surface area contributed by atoms with Crippen LogP contribution in [0.2, 0.25) is 0 Å². The predicted octanol–water partition coefficient (Wildman–Crippen LogP) is 5.45. The van der Waals surface area contributed by atoms with Crippen LogP contribution in [0.25, 0.3) is 0 Å². The summed E-state index contributed by atoms with van der Waals surface area (Å²) in [4.78, 5) is 0. The Balaban J connectivity index is 1.57. The monoisotopic (exact) mass is 381 g/mol. The molecule has 0 aromatic heterocycles. The highest BCUT2D eigenvalue weighted by molar-refractivity contribution is 7.80. The van der Waals surface area contributed by atoms with E-state index in [2.05, 4.69) is 40.1 Å². The van der Waals surface area contributed by atoms with Gasteiger partial charge in [0, 0.05) is 11.8 Å². The van der Waals surface area contributed by atoms with E-state index in [1.165, 1.54) is 37.7 Å². The third-order valence-corrected chi connectivity index (χ3v) is 5.25. The molecule has 2 N–H and O–H groups in total. The van der Waals surface area contributed by atoms with Crippen LogP contribution in [0.5, 0.6) is 5.75 Å². The molecular formula is C22H27N3OS. The van der Waals surface area contributed by atoms with E-state index in [9.17, 15) is 0 Å². The van der Waals surface area contributed by atoms with Gasteiger partial charge in [0.05, 0.1) is 12.8 Å². The van der Waals surface area contributed by atoms with Gasteiger partial charge in [0.25, 0.3) is 0 Å². The normalized spacial score (nSPS) is 15.3. The van der Waals surface area contributed by atoms with Gasteiger partial charge in [-0.25, -0.2) is 0 Å². The molecule has 0 saturated heterocycles. The van der Waals surface area contributed by atoms with Crippen LogP contribution in [0.1, 0.15) is 56.1 Å². The van der Waals surface area contributed by atoms with Crippen molar-refractivity contribution in [2.45, 2.75) is 44.9 Å². The van der Waals surface area contributed by atoms with Crippen molar-refractivity contribution in [2.75, 3.05) is 12.4 Å². The fraction of sp³-hybridized carbons (Fsp3) is 0.364. The lowest BCUT2D eigenvalue weighted by molar-refractivity contribution is 0.415. The van der Waals surface area contributed by atoms with E-state index in [0.717, 1.165) is 28.6 Å². The summed E-state index contributed by atoms with van der Waals surface area (Å²) >= 11 is 5.32. The second-order valence-electron chi connectivity index (χ2n) is 6.95. The van der Waals surface area contributed by atoms with Crippen LogP contribution < -0.4 is 15.5 Å². The first-order valence-electron chi connectivity index (χ1n) is 9.51. The summed E-state index contributed by atoms with van der Waals surface area (Å²) in [5.74, 6) is 1.50. The topological polar surface area (TPSA) is 45.6 Å². The number of nitrogens with one attached hydrogen (secondary N) is 2. The Morgan fingerprint density at radius 2 is 1.81 bits per heavy atom. The van der Waals surface area contributed by atoms with Gasteiger partial charge in [0.2, 0.25) is 0 Å². The molecule has 0 radical (unpaired) electrons. The van der Waals surface area contributed by atoms with E-state index in [0.29, 0.717) is 5.11 Å². The molecule has 4 nitrogen and oxygen atoms in total. The van der Waals surface area contributed by atoms with Gasteiger partial charge in [-0.1, -0.05) is 49.6 Å². The minimum absolute atomic E-state index is 0.446. The minimum atomic E-state index is 0.446. The first-order chi connectivity index (χ1) is 13.2. The average molecular weight is 382 g/mol. The molecule has 5 heteroatoms. The molecule has 0 spiro atoms. The van der Waals surface area contributed by atoms with Crippen molar-refractivity contribution >= 4 is 28.7 Å². The van der Waals surface area contributed by atoms with Crippen molar-refractivity contribution in [1.29, 1.82) is 0 Å². The summed E-state index contributed by atoms with van der Waals surface area (Å²) in [6.45, 7) is 1.98. The highest BCUT2D eigenvalue weighted by Crippen LogP contribution is 2.32. The van der Waals surface area contributed by atoms with Gasteiger partial charge in [-0.3, -0.25) is 5.43 Å². The number of hydrogen-bond donors (Lipinski definition) is 2. The maximum absolute atomic E-state index is 5.32. The number of anilines is 1. The number of methoxy groups -OCH3 is 1. The standard InChI is InChI=1S/C22H27N3OS/c1-16(17-11-13-19(14-12-17)18-7-4-3-5-8-18)24-25-22(27)23-20-9-6-10-21(15-20)26-2/h6,9-15,18H,3-5,7-8H2,1-2H3,(H2,23,25,27). The molecule has 1 fully saturated rings. The molecule has 0 bridgehead atoms. The molecule has 1 saturated carbocycles. The van der Waals surface area contributed by atoms with Gasteiger partial charge < -0.3 is 10.1 Å². The maximum Gasteiger partial charge on any atom is 0.191 e. The van der Waals surface area contributed by atoms with Gasteiger partial charge in [0.15, 0.2) is 5.11 Å². The van der Waals surface area contributed by atoms with Gasteiger partial charge in [-0.15, -0.1) is 0 Å². The van der Waals surface area contributed by atoms with Crippen molar-refractivity contribution in [1.82, 2.24) is 5.43 Å². The molecule has 1 aliphatic carbocycles. The van der Waals surface area contributed by atoms with Gasteiger partial charge >= 0.3 is 0 Å². The van der Waals surface area contributed by atoms with Crippen molar-refractivity contribution in [3.05, 3.63) is 59.7 Å². The van der Waals surface area contributed by atoms with Crippen LogP contribution in [-0.4, -0.2) is 17.9 Å².